The van der Waals surface area contributed by atoms with Gasteiger partial charge in [-0.15, -0.1) is 11.3 Å². The van der Waals surface area contributed by atoms with E-state index in [2.05, 4.69) is 4.98 Å². The molecule has 150 valence electrons. The highest BCUT2D eigenvalue weighted by molar-refractivity contribution is 7.14. The number of hydrogen-bond donors (Lipinski definition) is 0. The summed E-state index contributed by atoms with van der Waals surface area (Å²) in [6.07, 6.45) is 1.53. The van der Waals surface area contributed by atoms with Gasteiger partial charge in [-0.3, -0.25) is 24.1 Å². The first-order valence-electron chi connectivity index (χ1n) is 9.25. The summed E-state index contributed by atoms with van der Waals surface area (Å²) in [5, 5.41) is 2.31. The van der Waals surface area contributed by atoms with E-state index in [-0.39, 0.29) is 37.0 Å². The first-order valence-corrected chi connectivity index (χ1v) is 10.1. The molecule has 2 aliphatic heterocycles. The zero-order valence-electron chi connectivity index (χ0n) is 15.8. The fourth-order valence-electron chi connectivity index (χ4n) is 3.42. The van der Waals surface area contributed by atoms with Crippen LogP contribution in [-0.4, -0.2) is 48.8 Å². The van der Waals surface area contributed by atoms with Gasteiger partial charge in [0.2, 0.25) is 11.8 Å². The Morgan fingerprint density at radius 1 is 1.24 bits per heavy atom. The second-order valence-corrected chi connectivity index (χ2v) is 7.84. The van der Waals surface area contributed by atoms with Crippen molar-refractivity contribution in [2.45, 2.75) is 25.7 Å². The lowest BCUT2D eigenvalue weighted by Crippen LogP contribution is -2.23. The Bertz CT molecular complexity index is 1020. The van der Waals surface area contributed by atoms with Gasteiger partial charge >= 0.3 is 5.97 Å². The number of carbonyl (C=O) groups excluding carboxylic acids is 4. The average molecular weight is 413 g/mol. The molecule has 2 aromatic rings. The Balaban J connectivity index is 1.32. The lowest BCUT2D eigenvalue weighted by atomic mass is 10.1. The lowest BCUT2D eigenvalue weighted by molar-refractivity contribution is -0.141. The Kier molecular flexibility index (Phi) is 5.14. The Morgan fingerprint density at radius 3 is 2.83 bits per heavy atom. The monoisotopic (exact) mass is 413 g/mol. The number of likely N-dealkylation sites (N-methyl/N-ethyl adjacent to an activating group) is 1. The van der Waals surface area contributed by atoms with Crippen LogP contribution in [0.2, 0.25) is 0 Å². The van der Waals surface area contributed by atoms with Gasteiger partial charge in [-0.05, 0) is 30.2 Å². The minimum atomic E-state index is -0.556. The number of carbonyl (C=O) groups is 4. The summed E-state index contributed by atoms with van der Waals surface area (Å²) in [5.74, 6) is -0.862. The number of nitrogens with zero attached hydrogens (tertiary/aromatic N) is 3. The van der Waals surface area contributed by atoms with Crippen LogP contribution in [0.15, 0.2) is 23.6 Å². The van der Waals surface area contributed by atoms with Crippen molar-refractivity contribution in [1.29, 1.82) is 0 Å². The predicted octanol–water partition coefficient (Wildman–Crippen LogP) is 1.76. The Hall–Kier alpha value is -3.07. The molecule has 0 N–H and O–H groups in total. The number of aromatic nitrogens is 1. The molecule has 0 aliphatic carbocycles. The molecule has 8 nitrogen and oxygen atoms in total. The predicted molar refractivity (Wildman–Crippen MR) is 106 cm³/mol. The van der Waals surface area contributed by atoms with Gasteiger partial charge in [0, 0.05) is 36.6 Å². The van der Waals surface area contributed by atoms with Gasteiger partial charge < -0.3 is 9.64 Å². The molecule has 0 unspecified atom stereocenters. The van der Waals surface area contributed by atoms with Crippen molar-refractivity contribution in [1.82, 2.24) is 4.98 Å². The maximum Gasteiger partial charge on any atom is 0.312 e. The number of anilines is 2. The number of rotatable bonds is 6. The molecule has 29 heavy (non-hydrogen) atoms. The van der Waals surface area contributed by atoms with Crippen LogP contribution in [0.5, 0.6) is 0 Å². The van der Waals surface area contributed by atoms with Crippen LogP contribution in [0.25, 0.3) is 0 Å². The van der Waals surface area contributed by atoms with Gasteiger partial charge in [0.1, 0.15) is 0 Å². The third-order valence-electron chi connectivity index (χ3n) is 5.01. The van der Waals surface area contributed by atoms with Gasteiger partial charge in [0.05, 0.1) is 18.5 Å². The van der Waals surface area contributed by atoms with E-state index < -0.39 is 5.97 Å². The van der Waals surface area contributed by atoms with Crippen molar-refractivity contribution < 1.29 is 23.9 Å². The Morgan fingerprint density at radius 2 is 2.07 bits per heavy atom. The van der Waals surface area contributed by atoms with Crippen LogP contribution in [0.1, 0.15) is 34.5 Å². The molecule has 0 saturated carbocycles. The highest BCUT2D eigenvalue weighted by Crippen LogP contribution is 2.28. The number of benzene rings is 1. The van der Waals surface area contributed by atoms with Gasteiger partial charge in [-0.1, -0.05) is 0 Å². The number of Topliss-reactive ketones (excluding diaryl/α,β-unsaturated/α-hetero) is 1. The summed E-state index contributed by atoms with van der Waals surface area (Å²) < 4.78 is 5.10. The van der Waals surface area contributed by atoms with Crippen LogP contribution in [0.3, 0.4) is 0 Å². The number of ketones is 1. The molecule has 2 aliphatic rings. The molecule has 9 heteroatoms. The topological polar surface area (TPSA) is 96.9 Å². The molecule has 4 rings (SSSR count). The van der Waals surface area contributed by atoms with Crippen molar-refractivity contribution >= 4 is 45.7 Å². The number of ether oxygens (including phenoxy) is 1. The molecule has 0 radical (unpaired) electrons. The summed E-state index contributed by atoms with van der Waals surface area (Å²) in [6.45, 7) is 0.274. The normalized spacial score (nSPS) is 15.8. The molecule has 0 bridgehead atoms. The third-order valence-corrected chi connectivity index (χ3v) is 5.92. The molecule has 2 amide bonds. The molecule has 1 aromatic carbocycles. The SMILES string of the molecule is CN1C(=O)Cc2cc(C(=O)COC(=O)Cc3csc(N4CCCC4=O)n3)ccc21. The zero-order valence-corrected chi connectivity index (χ0v) is 16.7. The van der Waals surface area contributed by atoms with Crippen LogP contribution in [0.4, 0.5) is 10.8 Å². The van der Waals surface area contributed by atoms with Gasteiger partial charge in [-0.25, -0.2) is 4.98 Å². The summed E-state index contributed by atoms with van der Waals surface area (Å²) in [6, 6.07) is 5.03. The van der Waals surface area contributed by atoms with Crippen molar-refractivity contribution in [3.63, 3.8) is 0 Å². The maximum absolute atomic E-state index is 12.3. The number of hydrogen-bond acceptors (Lipinski definition) is 7. The first-order chi connectivity index (χ1) is 13.9. The quantitative estimate of drug-likeness (QED) is 0.529. The van der Waals surface area contributed by atoms with Crippen LogP contribution >= 0.6 is 11.3 Å². The van der Waals surface area contributed by atoms with Crippen molar-refractivity contribution in [2.75, 3.05) is 30.0 Å². The number of fused-ring (bicyclic) bond motifs is 1. The third kappa shape index (κ3) is 3.91. The van der Waals surface area contributed by atoms with E-state index in [4.69, 9.17) is 4.74 Å². The largest absolute Gasteiger partial charge is 0.457 e. The summed E-state index contributed by atoms with van der Waals surface area (Å²) in [5.41, 5.74) is 2.50. The molecule has 1 saturated heterocycles. The maximum atomic E-state index is 12.3. The van der Waals surface area contributed by atoms with E-state index in [9.17, 15) is 19.2 Å². The fourth-order valence-corrected chi connectivity index (χ4v) is 4.29. The van der Waals surface area contributed by atoms with E-state index in [1.165, 1.54) is 11.3 Å². The first kappa shape index (κ1) is 19.3. The van der Waals surface area contributed by atoms with E-state index in [0.29, 0.717) is 29.4 Å². The minimum Gasteiger partial charge on any atom is -0.457 e. The van der Waals surface area contributed by atoms with E-state index in [0.717, 1.165) is 17.7 Å². The van der Waals surface area contributed by atoms with Gasteiger partial charge in [0.15, 0.2) is 17.5 Å². The summed E-state index contributed by atoms with van der Waals surface area (Å²) >= 11 is 1.31. The number of amides is 2. The van der Waals surface area contributed by atoms with Crippen molar-refractivity contribution in [3.8, 4) is 0 Å². The molecule has 0 spiro atoms. The second kappa shape index (κ2) is 7.75. The number of esters is 1. The van der Waals surface area contributed by atoms with Crippen molar-refractivity contribution in [2.24, 2.45) is 0 Å². The average Bonchev–Trinajstić information content (AvgIpc) is 3.39. The van der Waals surface area contributed by atoms with Crippen LogP contribution in [0, 0.1) is 0 Å². The van der Waals surface area contributed by atoms with Crippen LogP contribution < -0.4 is 9.80 Å². The summed E-state index contributed by atoms with van der Waals surface area (Å²) in [4.78, 5) is 55.4. The molecule has 1 aromatic heterocycles. The number of thiazole rings is 1. The second-order valence-electron chi connectivity index (χ2n) is 7.00. The zero-order chi connectivity index (χ0) is 20.5. The molecular weight excluding hydrogens is 394 g/mol. The van der Waals surface area contributed by atoms with E-state index in [1.807, 2.05) is 0 Å². The lowest BCUT2D eigenvalue weighted by Gasteiger charge is -2.10. The van der Waals surface area contributed by atoms with Gasteiger partial charge in [0.25, 0.3) is 0 Å². The minimum absolute atomic E-state index is 0.0192. The van der Waals surface area contributed by atoms with Gasteiger partial charge in [-0.2, -0.15) is 0 Å². The molecular formula is C20H19N3O5S. The highest BCUT2D eigenvalue weighted by Gasteiger charge is 2.26. The van der Waals surface area contributed by atoms with Crippen molar-refractivity contribution in [3.05, 3.63) is 40.4 Å². The van der Waals surface area contributed by atoms with E-state index >= 15 is 0 Å². The highest BCUT2D eigenvalue weighted by atomic mass is 32.1. The molecule has 0 atom stereocenters. The molecule has 1 fully saturated rings. The smallest absolute Gasteiger partial charge is 0.312 e. The Labute approximate surface area is 171 Å². The molecule has 3 heterocycles. The standard InChI is InChI=1S/C20H19N3O5S/c1-22-15-5-4-12(7-13(15)8-18(22)26)16(24)10-28-19(27)9-14-11-29-20(21-14)23-6-2-3-17(23)25/h4-5,7,11H,2-3,6,8-10H2,1H3. The van der Waals surface area contributed by atoms with E-state index in [1.54, 1.807) is 40.4 Å². The summed E-state index contributed by atoms with van der Waals surface area (Å²) in [7, 11) is 1.70. The fraction of sp³-hybridized carbons (Fsp3) is 0.350. The van der Waals surface area contributed by atoms with Crippen LogP contribution in [-0.2, 0) is 32.0 Å².